The fourth-order valence-corrected chi connectivity index (χ4v) is 3.15. The summed E-state index contributed by atoms with van der Waals surface area (Å²) in [4.78, 5) is 24.5. The molecular weight excluding hydrogens is 404 g/mol. The smallest absolute Gasteiger partial charge is 0.276 e. The van der Waals surface area contributed by atoms with Gasteiger partial charge in [0.25, 0.3) is 11.8 Å². The molecule has 1 aromatic heterocycles. The number of rotatable bonds is 7. The maximum atomic E-state index is 12.3. The zero-order valence-corrected chi connectivity index (χ0v) is 17.3. The van der Waals surface area contributed by atoms with Crippen molar-refractivity contribution in [1.29, 1.82) is 0 Å². The second-order valence-electron chi connectivity index (χ2n) is 7.07. The van der Waals surface area contributed by atoms with Crippen LogP contribution in [0.2, 0.25) is 0 Å². The lowest BCUT2D eigenvalue weighted by Gasteiger charge is -2.12. The van der Waals surface area contributed by atoms with E-state index in [0.717, 1.165) is 16.8 Å². The van der Waals surface area contributed by atoms with Gasteiger partial charge in [-0.15, -0.1) is 0 Å². The molecule has 0 aliphatic carbocycles. The first-order chi connectivity index (χ1) is 15.7. The highest BCUT2D eigenvalue weighted by molar-refractivity contribution is 5.95. The molecule has 0 fully saturated rings. The average Bonchev–Trinajstić information content (AvgIpc) is 3.34. The number of nitrogens with one attached hydrogen (secondary N) is 2. The third kappa shape index (κ3) is 5.40. The van der Waals surface area contributed by atoms with E-state index in [0.29, 0.717) is 17.7 Å². The molecule has 2 amide bonds. The van der Waals surface area contributed by atoms with Gasteiger partial charge in [0.05, 0.1) is 17.4 Å². The van der Waals surface area contributed by atoms with E-state index in [1.807, 2.05) is 84.9 Å². The van der Waals surface area contributed by atoms with Gasteiger partial charge in [-0.2, -0.15) is 5.10 Å². The number of para-hydroxylation sites is 2. The van der Waals surface area contributed by atoms with Crippen molar-refractivity contribution in [3.05, 3.63) is 114 Å². The lowest BCUT2D eigenvalue weighted by molar-refractivity contribution is -0.123. The zero-order chi connectivity index (χ0) is 22.2. The highest BCUT2D eigenvalue weighted by Gasteiger charge is 2.12. The average molecular weight is 426 g/mol. The molecule has 4 aromatic rings. The van der Waals surface area contributed by atoms with Crippen LogP contribution in [-0.4, -0.2) is 28.2 Å². The number of carbonyl (C=O) groups excluding carboxylic acids is 2. The van der Waals surface area contributed by atoms with Crippen molar-refractivity contribution in [2.75, 3.05) is 6.61 Å². The zero-order valence-electron chi connectivity index (χ0n) is 17.3. The van der Waals surface area contributed by atoms with Crippen LogP contribution < -0.4 is 15.6 Å². The maximum absolute atomic E-state index is 12.3. The number of aromatic nitrogens is 2. The van der Waals surface area contributed by atoms with Gasteiger partial charge in [-0.25, -0.2) is 4.68 Å². The summed E-state index contributed by atoms with van der Waals surface area (Å²) < 4.78 is 7.28. The van der Waals surface area contributed by atoms with Crippen molar-refractivity contribution in [1.82, 2.24) is 20.6 Å². The molecule has 3 aromatic carbocycles. The number of ether oxygens (including phenoxy) is 1. The van der Waals surface area contributed by atoms with Crippen LogP contribution in [0, 0.1) is 0 Å². The maximum Gasteiger partial charge on any atom is 0.276 e. The van der Waals surface area contributed by atoms with Crippen LogP contribution in [0.5, 0.6) is 5.75 Å². The Morgan fingerprint density at radius 2 is 1.53 bits per heavy atom. The van der Waals surface area contributed by atoms with E-state index in [2.05, 4.69) is 16.0 Å². The van der Waals surface area contributed by atoms with E-state index in [1.165, 1.54) is 6.20 Å². The standard InChI is InChI=1S/C25H22N4O3/c30-24(18-32-23-14-8-7-11-20(23)15-19-9-3-1-4-10-19)27-28-25(31)21-16-26-29(17-21)22-12-5-2-6-13-22/h1-14,16-17H,15,18H2,(H,27,30)(H,28,31). The van der Waals surface area contributed by atoms with E-state index >= 15 is 0 Å². The van der Waals surface area contributed by atoms with Crippen LogP contribution in [0.25, 0.3) is 5.69 Å². The molecule has 0 radical (unpaired) electrons. The van der Waals surface area contributed by atoms with Crippen molar-refractivity contribution < 1.29 is 14.3 Å². The van der Waals surface area contributed by atoms with E-state index in [-0.39, 0.29) is 6.61 Å². The van der Waals surface area contributed by atoms with Gasteiger partial charge in [-0.1, -0.05) is 66.7 Å². The minimum atomic E-state index is -0.469. The van der Waals surface area contributed by atoms with Gasteiger partial charge >= 0.3 is 0 Å². The first kappa shape index (κ1) is 20.9. The molecule has 4 rings (SSSR count). The molecular formula is C25H22N4O3. The van der Waals surface area contributed by atoms with Crippen molar-refractivity contribution >= 4 is 11.8 Å². The van der Waals surface area contributed by atoms with Gasteiger partial charge < -0.3 is 4.74 Å². The van der Waals surface area contributed by atoms with E-state index in [4.69, 9.17) is 4.74 Å². The Hall–Kier alpha value is -4.39. The quantitative estimate of drug-likeness (QED) is 0.444. The monoisotopic (exact) mass is 426 g/mol. The molecule has 0 atom stereocenters. The summed E-state index contributed by atoms with van der Waals surface area (Å²) in [6.07, 6.45) is 3.72. The Labute approximate surface area is 185 Å². The van der Waals surface area contributed by atoms with Gasteiger partial charge in [-0.3, -0.25) is 20.4 Å². The van der Waals surface area contributed by atoms with Crippen LogP contribution >= 0.6 is 0 Å². The molecule has 7 nitrogen and oxygen atoms in total. The molecule has 7 heteroatoms. The molecule has 0 bridgehead atoms. The predicted octanol–water partition coefficient (Wildman–Crippen LogP) is 3.30. The first-order valence-corrected chi connectivity index (χ1v) is 10.1. The molecule has 32 heavy (non-hydrogen) atoms. The van der Waals surface area contributed by atoms with Crippen LogP contribution in [0.15, 0.2) is 97.3 Å². The lowest BCUT2D eigenvalue weighted by Crippen LogP contribution is -2.43. The molecule has 0 saturated carbocycles. The fraction of sp³-hybridized carbons (Fsp3) is 0.0800. The summed E-state index contributed by atoms with van der Waals surface area (Å²) in [6, 6.07) is 27.0. The van der Waals surface area contributed by atoms with Gasteiger partial charge in [0, 0.05) is 12.6 Å². The van der Waals surface area contributed by atoms with Crippen molar-refractivity contribution in [2.45, 2.75) is 6.42 Å². The Kier molecular flexibility index (Phi) is 6.57. The molecule has 160 valence electrons. The molecule has 0 saturated heterocycles. The van der Waals surface area contributed by atoms with Crippen molar-refractivity contribution in [3.8, 4) is 11.4 Å². The Morgan fingerprint density at radius 1 is 0.844 bits per heavy atom. The second kappa shape index (κ2) is 10.1. The van der Waals surface area contributed by atoms with Gasteiger partial charge in [0.15, 0.2) is 6.61 Å². The van der Waals surface area contributed by atoms with Crippen molar-refractivity contribution in [3.63, 3.8) is 0 Å². The molecule has 1 heterocycles. The minimum absolute atomic E-state index is 0.227. The topological polar surface area (TPSA) is 85.2 Å². The summed E-state index contributed by atoms with van der Waals surface area (Å²) >= 11 is 0. The number of amides is 2. The first-order valence-electron chi connectivity index (χ1n) is 10.1. The van der Waals surface area contributed by atoms with Crippen molar-refractivity contribution in [2.24, 2.45) is 0 Å². The Balaban J connectivity index is 1.29. The van der Waals surface area contributed by atoms with Gasteiger partial charge in [0.2, 0.25) is 0 Å². The predicted molar refractivity (Wildman–Crippen MR) is 120 cm³/mol. The lowest BCUT2D eigenvalue weighted by atomic mass is 10.0. The van der Waals surface area contributed by atoms with Crippen LogP contribution in [0.4, 0.5) is 0 Å². The summed E-state index contributed by atoms with van der Waals surface area (Å²) in [6.45, 7) is -0.227. The van der Waals surface area contributed by atoms with Crippen LogP contribution in [0.1, 0.15) is 21.5 Å². The van der Waals surface area contributed by atoms with E-state index < -0.39 is 11.8 Å². The second-order valence-corrected chi connectivity index (χ2v) is 7.07. The van der Waals surface area contributed by atoms with Crippen LogP contribution in [-0.2, 0) is 11.2 Å². The molecule has 0 aliphatic heterocycles. The number of hydrazine groups is 1. The van der Waals surface area contributed by atoms with E-state index in [9.17, 15) is 9.59 Å². The molecule has 0 aliphatic rings. The minimum Gasteiger partial charge on any atom is -0.483 e. The largest absolute Gasteiger partial charge is 0.483 e. The fourth-order valence-electron chi connectivity index (χ4n) is 3.15. The number of hydrogen-bond donors (Lipinski definition) is 2. The normalized spacial score (nSPS) is 10.4. The van der Waals surface area contributed by atoms with E-state index in [1.54, 1.807) is 10.9 Å². The number of hydrogen-bond acceptors (Lipinski definition) is 4. The van der Waals surface area contributed by atoms with Gasteiger partial charge in [-0.05, 0) is 29.3 Å². The third-order valence-corrected chi connectivity index (χ3v) is 4.75. The Morgan fingerprint density at radius 3 is 2.31 bits per heavy atom. The highest BCUT2D eigenvalue weighted by Crippen LogP contribution is 2.21. The summed E-state index contributed by atoms with van der Waals surface area (Å²) in [5.74, 6) is -0.310. The Bertz CT molecular complexity index is 1190. The molecule has 2 N–H and O–H groups in total. The van der Waals surface area contributed by atoms with Gasteiger partial charge in [0.1, 0.15) is 5.75 Å². The SMILES string of the molecule is O=C(COc1ccccc1Cc1ccccc1)NNC(=O)c1cnn(-c2ccccc2)c1. The number of benzene rings is 3. The molecule has 0 spiro atoms. The number of nitrogens with zero attached hydrogens (tertiary/aromatic N) is 2. The summed E-state index contributed by atoms with van der Waals surface area (Å²) in [7, 11) is 0. The highest BCUT2D eigenvalue weighted by atomic mass is 16.5. The third-order valence-electron chi connectivity index (χ3n) is 4.75. The number of carbonyl (C=O) groups is 2. The summed E-state index contributed by atoms with van der Waals surface area (Å²) in [5.41, 5.74) is 8.03. The summed E-state index contributed by atoms with van der Waals surface area (Å²) in [5, 5.41) is 4.17. The molecule has 0 unspecified atom stereocenters. The van der Waals surface area contributed by atoms with Crippen LogP contribution in [0.3, 0.4) is 0 Å².